The molecule has 0 radical (unpaired) electrons. The fourth-order valence-corrected chi connectivity index (χ4v) is 9.90. The van der Waals surface area contributed by atoms with Crippen molar-refractivity contribution in [3.63, 3.8) is 0 Å². The lowest BCUT2D eigenvalue weighted by atomic mass is 9.81. The number of rotatable bonds is 5. The normalized spacial score (nSPS) is 13.0. The molecule has 0 atom stereocenters. The number of hydrogen-bond acceptors (Lipinski definition) is 3. The summed E-state index contributed by atoms with van der Waals surface area (Å²) in [5, 5.41) is 6.21. The van der Waals surface area contributed by atoms with Crippen molar-refractivity contribution < 1.29 is 0 Å². The van der Waals surface area contributed by atoms with Crippen LogP contribution in [-0.2, 0) is 5.41 Å². The predicted octanol–water partition coefficient (Wildman–Crippen LogP) is 14.6. The van der Waals surface area contributed by atoms with E-state index in [0.29, 0.717) is 5.82 Å². The van der Waals surface area contributed by atoms with Gasteiger partial charge in [0, 0.05) is 31.7 Å². The first-order valence-corrected chi connectivity index (χ1v) is 20.0. The van der Waals surface area contributed by atoms with Crippen LogP contribution in [0.25, 0.3) is 98.2 Å². The van der Waals surface area contributed by atoms with E-state index in [0.717, 1.165) is 28.1 Å². The minimum absolute atomic E-state index is 0.109. The summed E-state index contributed by atoms with van der Waals surface area (Å²) < 4.78 is 1.30. The molecule has 0 amide bonds. The van der Waals surface area contributed by atoms with E-state index in [1.807, 2.05) is 17.4 Å². The van der Waals surface area contributed by atoms with Crippen molar-refractivity contribution in [3.8, 4) is 66.6 Å². The van der Waals surface area contributed by atoms with Gasteiger partial charge in [0.05, 0.1) is 11.4 Å². The van der Waals surface area contributed by atoms with Gasteiger partial charge < -0.3 is 0 Å². The van der Waals surface area contributed by atoms with Crippen molar-refractivity contribution >= 4 is 43.0 Å². The van der Waals surface area contributed by atoms with Gasteiger partial charge >= 0.3 is 0 Å². The van der Waals surface area contributed by atoms with E-state index in [1.165, 1.54) is 75.5 Å². The molecule has 0 bridgehead atoms. The van der Waals surface area contributed by atoms with Crippen molar-refractivity contribution in [2.24, 2.45) is 0 Å². The van der Waals surface area contributed by atoms with E-state index in [1.54, 1.807) is 0 Å². The first-order valence-electron chi connectivity index (χ1n) is 19.2. The Morgan fingerprint density at radius 2 is 1.05 bits per heavy atom. The SMILES string of the molecule is CC1(C)c2cc3ccccc3cc2-c2c(-c3ccc(-c4cc(-c5ccc(-c6cc7ccccc7s6)cc5)nc(-c5ccccc5)n4)c4ccccc34)cccc21. The van der Waals surface area contributed by atoms with E-state index in [-0.39, 0.29) is 5.41 Å². The number of aromatic nitrogens is 2. The van der Waals surface area contributed by atoms with Crippen LogP contribution in [0.5, 0.6) is 0 Å². The van der Waals surface area contributed by atoms with Crippen LogP contribution in [0, 0.1) is 0 Å². The maximum absolute atomic E-state index is 5.27. The molecule has 8 aromatic carbocycles. The van der Waals surface area contributed by atoms with Crippen LogP contribution in [0.1, 0.15) is 25.0 Å². The van der Waals surface area contributed by atoms with Crippen LogP contribution in [-0.4, -0.2) is 9.97 Å². The zero-order valence-electron chi connectivity index (χ0n) is 31.1. The molecule has 56 heavy (non-hydrogen) atoms. The maximum atomic E-state index is 5.27. The van der Waals surface area contributed by atoms with E-state index < -0.39 is 0 Å². The summed E-state index contributed by atoms with van der Waals surface area (Å²) in [5.74, 6) is 0.715. The lowest BCUT2D eigenvalue weighted by Gasteiger charge is -2.22. The quantitative estimate of drug-likeness (QED) is 0.176. The van der Waals surface area contributed by atoms with Gasteiger partial charge in [-0.1, -0.05) is 166 Å². The molecule has 0 spiro atoms. The fraction of sp³-hybridized carbons (Fsp3) is 0.0566. The van der Waals surface area contributed by atoms with E-state index in [9.17, 15) is 0 Å². The summed E-state index contributed by atoms with van der Waals surface area (Å²) in [7, 11) is 0. The van der Waals surface area contributed by atoms with Crippen LogP contribution < -0.4 is 0 Å². The first-order chi connectivity index (χ1) is 27.5. The van der Waals surface area contributed by atoms with Gasteiger partial charge in [-0.25, -0.2) is 9.97 Å². The smallest absolute Gasteiger partial charge is 0.160 e. The molecule has 0 saturated heterocycles. The van der Waals surface area contributed by atoms with Gasteiger partial charge in [-0.05, 0) is 96.2 Å². The standard InChI is InChI=1S/C53H36N2S/c1-53(2)45-21-12-20-43(51(45)44-29-36-15-6-7-16-37(36)30-46(44)53)41-27-28-42(40-19-10-9-18-39(40)41)48-32-47(54-52(55-48)35-13-4-3-5-14-35)33-23-25-34(26-24-33)50-31-38-17-8-11-22-49(38)56-50/h3-32H,1-2H3. The van der Waals surface area contributed by atoms with Crippen molar-refractivity contribution in [1.29, 1.82) is 0 Å². The van der Waals surface area contributed by atoms with Crippen LogP contribution in [0.2, 0.25) is 0 Å². The highest BCUT2D eigenvalue weighted by Crippen LogP contribution is 2.54. The van der Waals surface area contributed by atoms with Crippen molar-refractivity contribution in [1.82, 2.24) is 9.97 Å². The Hall–Kier alpha value is -6.68. The molecule has 0 saturated carbocycles. The second-order valence-corrected chi connectivity index (χ2v) is 16.4. The van der Waals surface area contributed by atoms with Crippen LogP contribution in [0.4, 0.5) is 0 Å². The van der Waals surface area contributed by atoms with Crippen molar-refractivity contribution in [2.75, 3.05) is 0 Å². The van der Waals surface area contributed by atoms with Gasteiger partial charge in [-0.2, -0.15) is 0 Å². The molecule has 0 unspecified atom stereocenters. The fourth-order valence-electron chi connectivity index (χ4n) is 8.83. The third kappa shape index (κ3) is 5.23. The molecule has 264 valence electrons. The highest BCUT2D eigenvalue weighted by molar-refractivity contribution is 7.22. The highest BCUT2D eigenvalue weighted by atomic mass is 32.1. The average molecular weight is 733 g/mol. The molecule has 0 aliphatic heterocycles. The summed E-state index contributed by atoms with van der Waals surface area (Å²) in [6.07, 6.45) is 0. The predicted molar refractivity (Wildman–Crippen MR) is 237 cm³/mol. The molecule has 3 heteroatoms. The summed E-state index contributed by atoms with van der Waals surface area (Å²) >= 11 is 1.83. The summed E-state index contributed by atoms with van der Waals surface area (Å²) in [5.41, 5.74) is 14.0. The Morgan fingerprint density at radius 3 is 1.84 bits per heavy atom. The topological polar surface area (TPSA) is 25.8 Å². The van der Waals surface area contributed by atoms with Gasteiger partial charge in [-0.15, -0.1) is 11.3 Å². The zero-order valence-corrected chi connectivity index (χ0v) is 31.9. The number of fused-ring (bicyclic) bond motifs is 6. The molecule has 0 fully saturated rings. The summed E-state index contributed by atoms with van der Waals surface area (Å²) in [6, 6.07) is 65.9. The minimum atomic E-state index is -0.109. The van der Waals surface area contributed by atoms with Gasteiger partial charge in [-0.3, -0.25) is 0 Å². The number of thiophene rings is 1. The Kier molecular flexibility index (Phi) is 7.42. The minimum Gasteiger partial charge on any atom is -0.228 e. The van der Waals surface area contributed by atoms with Crippen molar-refractivity contribution in [3.05, 3.63) is 193 Å². The lowest BCUT2D eigenvalue weighted by molar-refractivity contribution is 0.661. The Labute approximate surface area is 330 Å². The number of benzene rings is 8. The van der Waals surface area contributed by atoms with Gasteiger partial charge in [0.1, 0.15) is 0 Å². The maximum Gasteiger partial charge on any atom is 0.160 e. The van der Waals surface area contributed by atoms with Crippen molar-refractivity contribution in [2.45, 2.75) is 19.3 Å². The second-order valence-electron chi connectivity index (χ2n) is 15.4. The molecule has 2 heterocycles. The third-order valence-corrected chi connectivity index (χ3v) is 12.9. The molecule has 11 rings (SSSR count). The molecule has 0 N–H and O–H groups in total. The summed E-state index contributed by atoms with van der Waals surface area (Å²) in [4.78, 5) is 11.7. The zero-order chi connectivity index (χ0) is 37.4. The van der Waals surface area contributed by atoms with Crippen LogP contribution in [0.3, 0.4) is 0 Å². The van der Waals surface area contributed by atoms with E-state index >= 15 is 0 Å². The van der Waals surface area contributed by atoms with Gasteiger partial charge in [0.2, 0.25) is 0 Å². The molecule has 1 aliphatic rings. The molecule has 1 aliphatic carbocycles. The van der Waals surface area contributed by atoms with Gasteiger partial charge in [0.15, 0.2) is 5.82 Å². The molecule has 2 nitrogen and oxygen atoms in total. The second kappa shape index (κ2) is 12.7. The highest BCUT2D eigenvalue weighted by Gasteiger charge is 2.37. The Bertz CT molecular complexity index is 3120. The van der Waals surface area contributed by atoms with E-state index in [4.69, 9.17) is 9.97 Å². The largest absolute Gasteiger partial charge is 0.228 e. The lowest BCUT2D eigenvalue weighted by Crippen LogP contribution is -2.14. The van der Waals surface area contributed by atoms with Gasteiger partial charge in [0.25, 0.3) is 0 Å². The first kappa shape index (κ1) is 32.7. The molecular weight excluding hydrogens is 697 g/mol. The third-order valence-electron chi connectivity index (χ3n) is 11.7. The summed E-state index contributed by atoms with van der Waals surface area (Å²) in [6.45, 7) is 4.73. The number of nitrogens with zero attached hydrogens (tertiary/aromatic N) is 2. The molecule has 2 aromatic heterocycles. The molecular formula is C53H36N2S. The Balaban J connectivity index is 1.06. The molecule has 10 aromatic rings. The Morgan fingerprint density at radius 1 is 0.411 bits per heavy atom. The number of hydrogen-bond donors (Lipinski definition) is 0. The van der Waals surface area contributed by atoms with E-state index in [2.05, 4.69) is 190 Å². The van der Waals surface area contributed by atoms with Crippen LogP contribution >= 0.6 is 11.3 Å². The average Bonchev–Trinajstić information content (AvgIpc) is 3.79. The van der Waals surface area contributed by atoms with Crippen LogP contribution in [0.15, 0.2) is 182 Å². The monoisotopic (exact) mass is 732 g/mol.